The van der Waals surface area contributed by atoms with Gasteiger partial charge in [0.25, 0.3) is 0 Å². The average Bonchev–Trinajstić information content (AvgIpc) is 2.22. The Balaban J connectivity index is 2.64. The molecule has 0 bridgehead atoms. The van der Waals surface area contributed by atoms with E-state index in [4.69, 9.17) is 10.5 Å². The number of aryl methyl sites for hydroxylation is 2. The molecule has 0 saturated heterocycles. The van der Waals surface area contributed by atoms with Crippen LogP contribution in [0.15, 0.2) is 18.2 Å². The summed E-state index contributed by atoms with van der Waals surface area (Å²) in [6.07, 6.45) is 0.643. The highest BCUT2D eigenvalue weighted by Gasteiger charge is 2.17. The van der Waals surface area contributed by atoms with E-state index >= 15 is 0 Å². The molecule has 0 radical (unpaired) electrons. The number of carbonyl (C=O) groups is 1. The second-order valence-electron chi connectivity index (χ2n) is 4.90. The first-order valence-electron chi connectivity index (χ1n) is 5.94. The average molecular weight is 235 g/mol. The maximum Gasteiger partial charge on any atom is 0.328 e. The van der Waals surface area contributed by atoms with Gasteiger partial charge in [0.15, 0.2) is 0 Å². The number of benzene rings is 1. The predicted molar refractivity (Wildman–Crippen MR) is 69.0 cm³/mol. The second kappa shape index (κ2) is 5.82. The van der Waals surface area contributed by atoms with E-state index in [-0.39, 0.29) is 5.97 Å². The maximum atomic E-state index is 11.7. The van der Waals surface area contributed by atoms with Gasteiger partial charge >= 0.3 is 5.97 Å². The number of nitrogens with two attached hydrogens (primary N) is 1. The van der Waals surface area contributed by atoms with E-state index in [1.807, 2.05) is 39.8 Å². The van der Waals surface area contributed by atoms with Crippen LogP contribution in [0.4, 0.5) is 0 Å². The molecule has 0 heterocycles. The Bertz CT molecular complexity index is 399. The van der Waals surface area contributed by atoms with Gasteiger partial charge in [-0.25, -0.2) is 4.79 Å². The summed E-state index contributed by atoms with van der Waals surface area (Å²) >= 11 is 0. The normalized spacial score (nSPS) is 12.6. The van der Waals surface area contributed by atoms with Crippen molar-refractivity contribution in [2.45, 2.75) is 40.2 Å². The summed E-state index contributed by atoms with van der Waals surface area (Å²) in [6.45, 7) is 8.07. The Morgan fingerprint density at radius 3 is 2.47 bits per heavy atom. The molecule has 3 heteroatoms. The molecule has 1 atom stereocenters. The van der Waals surface area contributed by atoms with Crippen LogP contribution in [0, 0.1) is 19.8 Å². The van der Waals surface area contributed by atoms with Crippen LogP contribution < -0.4 is 10.5 Å². The number of hydrogen-bond acceptors (Lipinski definition) is 3. The lowest BCUT2D eigenvalue weighted by Gasteiger charge is -2.13. The fraction of sp³-hybridized carbons (Fsp3) is 0.500. The Kier molecular flexibility index (Phi) is 4.70. The van der Waals surface area contributed by atoms with E-state index in [1.165, 1.54) is 5.56 Å². The minimum Gasteiger partial charge on any atom is -0.425 e. The number of hydrogen-bond donors (Lipinski definition) is 1. The largest absolute Gasteiger partial charge is 0.425 e. The maximum absolute atomic E-state index is 11.7. The van der Waals surface area contributed by atoms with Crippen molar-refractivity contribution in [3.05, 3.63) is 29.3 Å². The first kappa shape index (κ1) is 13.7. The van der Waals surface area contributed by atoms with E-state index in [1.54, 1.807) is 6.07 Å². The fourth-order valence-corrected chi connectivity index (χ4v) is 1.57. The van der Waals surface area contributed by atoms with Gasteiger partial charge in [-0.1, -0.05) is 19.9 Å². The van der Waals surface area contributed by atoms with Crippen molar-refractivity contribution in [3.8, 4) is 5.75 Å². The molecule has 17 heavy (non-hydrogen) atoms. The SMILES string of the molecule is Cc1ccc(OC(=O)C(N)CC(C)C)cc1C. The van der Waals surface area contributed by atoms with Crippen molar-refractivity contribution < 1.29 is 9.53 Å². The van der Waals surface area contributed by atoms with Gasteiger partial charge in [-0.2, -0.15) is 0 Å². The topological polar surface area (TPSA) is 52.3 Å². The molecule has 1 aromatic rings. The lowest BCUT2D eigenvalue weighted by molar-refractivity contribution is -0.136. The molecule has 0 aliphatic carbocycles. The molecule has 0 saturated carbocycles. The van der Waals surface area contributed by atoms with Crippen LogP contribution in [-0.2, 0) is 4.79 Å². The lowest BCUT2D eigenvalue weighted by atomic mass is 10.0. The number of ether oxygens (including phenoxy) is 1. The second-order valence-corrected chi connectivity index (χ2v) is 4.90. The molecule has 0 aliphatic heterocycles. The predicted octanol–water partition coefficient (Wildman–Crippen LogP) is 2.58. The van der Waals surface area contributed by atoms with E-state index in [0.29, 0.717) is 18.1 Å². The minimum atomic E-state index is -0.545. The number of esters is 1. The van der Waals surface area contributed by atoms with Gasteiger partial charge in [-0.15, -0.1) is 0 Å². The van der Waals surface area contributed by atoms with Crippen molar-refractivity contribution in [1.29, 1.82) is 0 Å². The number of rotatable bonds is 4. The molecule has 0 fully saturated rings. The lowest BCUT2D eigenvalue weighted by Crippen LogP contribution is -2.35. The zero-order valence-electron chi connectivity index (χ0n) is 11.0. The Morgan fingerprint density at radius 2 is 1.94 bits per heavy atom. The molecule has 0 aliphatic rings. The molecule has 94 valence electrons. The molecule has 1 aromatic carbocycles. The van der Waals surface area contributed by atoms with Crippen molar-refractivity contribution in [2.24, 2.45) is 11.7 Å². The summed E-state index contributed by atoms with van der Waals surface area (Å²) in [7, 11) is 0. The van der Waals surface area contributed by atoms with Gasteiger partial charge < -0.3 is 10.5 Å². The van der Waals surface area contributed by atoms with Crippen LogP contribution in [0.5, 0.6) is 5.75 Å². The molecular formula is C14H21NO2. The first-order chi connectivity index (χ1) is 7.90. The molecular weight excluding hydrogens is 214 g/mol. The standard InChI is InChI=1S/C14H21NO2/c1-9(2)7-13(15)14(16)17-12-6-5-10(3)11(4)8-12/h5-6,8-9,13H,7,15H2,1-4H3. The van der Waals surface area contributed by atoms with E-state index in [0.717, 1.165) is 5.56 Å². The molecule has 0 aromatic heterocycles. The highest BCUT2D eigenvalue weighted by Crippen LogP contribution is 2.17. The van der Waals surface area contributed by atoms with Gasteiger partial charge in [0.1, 0.15) is 11.8 Å². The van der Waals surface area contributed by atoms with E-state index in [9.17, 15) is 4.79 Å². The molecule has 0 spiro atoms. The van der Waals surface area contributed by atoms with Crippen molar-refractivity contribution in [1.82, 2.24) is 0 Å². The summed E-state index contributed by atoms with van der Waals surface area (Å²) < 4.78 is 5.25. The Morgan fingerprint density at radius 1 is 1.29 bits per heavy atom. The zero-order chi connectivity index (χ0) is 13.0. The third-order valence-corrected chi connectivity index (χ3v) is 2.72. The molecule has 3 nitrogen and oxygen atoms in total. The summed E-state index contributed by atoms with van der Waals surface area (Å²) in [5.41, 5.74) is 8.04. The Hall–Kier alpha value is -1.35. The van der Waals surface area contributed by atoms with E-state index in [2.05, 4.69) is 0 Å². The van der Waals surface area contributed by atoms with Gasteiger partial charge in [-0.3, -0.25) is 0 Å². The van der Waals surface area contributed by atoms with Crippen LogP contribution in [-0.4, -0.2) is 12.0 Å². The van der Waals surface area contributed by atoms with Gasteiger partial charge in [0.05, 0.1) is 0 Å². The van der Waals surface area contributed by atoms with Crippen molar-refractivity contribution >= 4 is 5.97 Å². The smallest absolute Gasteiger partial charge is 0.328 e. The highest BCUT2D eigenvalue weighted by atomic mass is 16.5. The molecule has 1 rings (SSSR count). The van der Waals surface area contributed by atoms with Crippen molar-refractivity contribution in [3.63, 3.8) is 0 Å². The van der Waals surface area contributed by atoms with Gasteiger partial charge in [0.2, 0.25) is 0 Å². The first-order valence-corrected chi connectivity index (χ1v) is 5.94. The third kappa shape index (κ3) is 4.19. The number of carbonyl (C=O) groups excluding carboxylic acids is 1. The summed E-state index contributed by atoms with van der Waals surface area (Å²) in [6, 6.07) is 5.04. The molecule has 2 N–H and O–H groups in total. The molecule has 1 unspecified atom stereocenters. The van der Waals surface area contributed by atoms with Crippen molar-refractivity contribution in [2.75, 3.05) is 0 Å². The van der Waals surface area contributed by atoms with E-state index < -0.39 is 6.04 Å². The van der Waals surface area contributed by atoms with Crippen LogP contribution in [0.25, 0.3) is 0 Å². The zero-order valence-corrected chi connectivity index (χ0v) is 11.0. The van der Waals surface area contributed by atoms with Crippen LogP contribution in [0.1, 0.15) is 31.4 Å². The Labute approximate surface area is 103 Å². The van der Waals surface area contributed by atoms with Crippen LogP contribution in [0.3, 0.4) is 0 Å². The van der Waals surface area contributed by atoms with Crippen LogP contribution >= 0.6 is 0 Å². The fourth-order valence-electron chi connectivity index (χ4n) is 1.57. The summed E-state index contributed by atoms with van der Waals surface area (Å²) in [4.78, 5) is 11.7. The van der Waals surface area contributed by atoms with Crippen LogP contribution in [0.2, 0.25) is 0 Å². The van der Waals surface area contributed by atoms with Gasteiger partial charge in [-0.05, 0) is 49.4 Å². The summed E-state index contributed by atoms with van der Waals surface area (Å²) in [5, 5.41) is 0. The monoisotopic (exact) mass is 235 g/mol. The summed E-state index contributed by atoms with van der Waals surface area (Å²) in [5.74, 6) is 0.594. The minimum absolute atomic E-state index is 0.359. The van der Waals surface area contributed by atoms with Gasteiger partial charge in [0, 0.05) is 0 Å². The quantitative estimate of drug-likeness (QED) is 0.644. The molecule has 0 amide bonds. The third-order valence-electron chi connectivity index (χ3n) is 2.72. The highest BCUT2D eigenvalue weighted by molar-refractivity contribution is 5.78.